The zero-order valence-electron chi connectivity index (χ0n) is 66.9. The number of hydrogen-bond donors (Lipinski definition) is 0. The summed E-state index contributed by atoms with van der Waals surface area (Å²) < 4.78 is 22.3. The van der Waals surface area contributed by atoms with Crippen LogP contribution >= 0.6 is 30.7 Å². The van der Waals surface area contributed by atoms with E-state index in [0.29, 0.717) is 17.5 Å². The highest BCUT2D eigenvalue weighted by Crippen LogP contribution is 2.66. The molecule has 0 saturated carbocycles. The van der Waals surface area contributed by atoms with Crippen LogP contribution in [-0.4, -0.2) is 24.1 Å². The van der Waals surface area contributed by atoms with Crippen LogP contribution in [0.15, 0.2) is 456 Å². The molecule has 1 atom stereocenters. The number of nitrogens with zero attached hydrogens (tertiary/aromatic N) is 7. The third-order valence-electron chi connectivity index (χ3n) is 25.9. The van der Waals surface area contributed by atoms with E-state index >= 15 is 4.57 Å². The fourth-order valence-electron chi connectivity index (χ4n) is 20.7. The minimum Gasteiger partial charge on any atom is -0.310 e. The molecule has 2 spiro atoms. The van der Waals surface area contributed by atoms with E-state index < -0.39 is 18.0 Å². The second-order valence-electron chi connectivity index (χ2n) is 32.4. The molecule has 11 heteroatoms. The highest BCUT2D eigenvalue weighted by atomic mass is 32.2. The number of benzene rings is 18. The first kappa shape index (κ1) is 72.0. The Bertz CT molecular complexity index is 7840. The summed E-state index contributed by atoms with van der Waals surface area (Å²) in [5, 5.41) is 6.75. The van der Waals surface area contributed by atoms with Crippen LogP contribution < -0.4 is 25.7 Å². The van der Waals surface area contributed by atoms with Crippen molar-refractivity contribution in [2.45, 2.75) is 30.4 Å². The predicted molar refractivity (Wildman–Crippen MR) is 511 cm³/mol. The second-order valence-corrected chi connectivity index (χ2v) is 37.3. The lowest BCUT2D eigenvalue weighted by Gasteiger charge is -2.49. The van der Waals surface area contributed by atoms with E-state index in [9.17, 15) is 0 Å². The van der Waals surface area contributed by atoms with Crippen molar-refractivity contribution in [1.29, 1.82) is 0 Å². The first-order valence-electron chi connectivity index (χ1n) is 42.1. The van der Waals surface area contributed by atoms with E-state index in [1.807, 2.05) is 90.3 Å². The van der Waals surface area contributed by atoms with Gasteiger partial charge in [0.15, 0.2) is 24.6 Å². The highest BCUT2D eigenvalue weighted by molar-refractivity contribution is 7.99. The van der Waals surface area contributed by atoms with Gasteiger partial charge in [-0.15, -0.1) is 0 Å². The molecule has 8 nitrogen and oxygen atoms in total. The number of anilines is 6. The lowest BCUT2D eigenvalue weighted by molar-refractivity contribution is 0.592. The maximum atomic E-state index is 17.4. The SMILES string of the molecule is O=P(c1ccccc1)(c1ccc(-n2c3ccccc3c3cc4c(cc32)C2(c3ccccc3S4)c3ccccc3N(c3ccccc3)c3ccccc32)cc1)c1cccc(-c2ccc3c(c2)c2cc4c(cc2n3-c2cccc(-c3nc(-c5ccccc5)nc(-c5ccccc5)n3)c2)C2(c3ccccc3S4)c3ccccc3N(c3ccccc3)c3ccccc32)c1. The van der Waals surface area contributed by atoms with Gasteiger partial charge in [0, 0.05) is 96.5 Å². The summed E-state index contributed by atoms with van der Waals surface area (Å²) in [6, 6.07) is 158. The van der Waals surface area contributed by atoms with E-state index in [4.69, 9.17) is 15.0 Å². The summed E-state index contributed by atoms with van der Waals surface area (Å²) in [6.07, 6.45) is 0. The van der Waals surface area contributed by atoms with Crippen LogP contribution in [0.2, 0.25) is 0 Å². The first-order chi connectivity index (χ1) is 61.4. The molecule has 0 saturated heterocycles. The molecule has 4 aliphatic rings. The molecule has 0 fully saturated rings. The van der Waals surface area contributed by atoms with Gasteiger partial charge in [0.25, 0.3) is 0 Å². The Kier molecular flexibility index (Phi) is 16.5. The molecule has 21 aromatic rings. The van der Waals surface area contributed by atoms with Crippen LogP contribution in [0, 0.1) is 0 Å². The van der Waals surface area contributed by atoms with Gasteiger partial charge in [0.2, 0.25) is 0 Å². The third-order valence-corrected chi connectivity index (χ3v) is 31.2. The summed E-state index contributed by atoms with van der Waals surface area (Å²) >= 11 is 3.71. The summed E-state index contributed by atoms with van der Waals surface area (Å²) in [4.78, 5) is 25.4. The monoisotopic (exact) mass is 1640 g/mol. The summed E-state index contributed by atoms with van der Waals surface area (Å²) in [6.45, 7) is 0. The van der Waals surface area contributed by atoms with Crippen molar-refractivity contribution in [1.82, 2.24) is 24.1 Å². The molecule has 582 valence electrons. The molecule has 0 aliphatic carbocycles. The lowest BCUT2D eigenvalue weighted by Crippen LogP contribution is -2.39. The molecule has 0 bridgehead atoms. The Morgan fingerprint density at radius 1 is 0.218 bits per heavy atom. The first-order valence-corrected chi connectivity index (χ1v) is 45.4. The van der Waals surface area contributed by atoms with Crippen LogP contribution in [0.1, 0.15) is 44.5 Å². The Balaban J connectivity index is 0.657. The molecule has 3 aromatic heterocycles. The molecule has 1 unspecified atom stereocenters. The maximum absolute atomic E-state index is 17.4. The Labute approximate surface area is 725 Å². The maximum Gasteiger partial charge on any atom is 0.171 e. The molecule has 25 rings (SSSR count). The third kappa shape index (κ3) is 10.7. The zero-order chi connectivity index (χ0) is 81.8. The van der Waals surface area contributed by atoms with Gasteiger partial charge in [-0.25, -0.2) is 15.0 Å². The van der Waals surface area contributed by atoms with Crippen LogP contribution in [0.4, 0.5) is 34.1 Å². The zero-order valence-corrected chi connectivity index (χ0v) is 69.4. The van der Waals surface area contributed by atoms with Gasteiger partial charge in [-0.3, -0.25) is 0 Å². The second kappa shape index (κ2) is 28.4. The number of fused-ring (bicyclic) bond motifs is 22. The Hall–Kier alpha value is -14.9. The van der Waals surface area contributed by atoms with Crippen molar-refractivity contribution in [2.75, 3.05) is 9.80 Å². The van der Waals surface area contributed by atoms with Gasteiger partial charge in [0.1, 0.15) is 0 Å². The summed E-state index contributed by atoms with van der Waals surface area (Å²) in [7, 11) is -3.64. The van der Waals surface area contributed by atoms with Gasteiger partial charge in [-0.05, 0) is 201 Å². The standard InChI is InChI=1S/C113H72N7OPS2/c121-122(82-43-14-5-15-44-82,83-63-61-80(62-64-83)117-97-53-23-16-46-85(97)87-69-107-95(71-103(87)117)112(93-51-21-28-58-105(93)123-107)89-47-17-24-54-99(89)118(78-38-10-3-11-39-78)100-55-25-18-48-90(100)112)84-45-31-36-75(67-84)76-60-65-98-86(68-76)88-70-108-96(72-104(88)120(98)81-42-30-37-77(66-81)111-115-109(73-32-6-1-7-33-73)114-110(116-111)74-34-8-2-9-35-74)113(94-52-22-29-59-106(94)124-108)91-49-19-26-56-101(91)119(79-40-12-4-13-41-79)102-57-27-20-50-92(102)113/h1-72H. The number of rotatable bonds is 11. The molecule has 0 N–H and O–H groups in total. The van der Waals surface area contributed by atoms with Crippen molar-refractivity contribution in [3.63, 3.8) is 0 Å². The van der Waals surface area contributed by atoms with Gasteiger partial charge in [-0.1, -0.05) is 315 Å². The van der Waals surface area contributed by atoms with Crippen LogP contribution in [0.5, 0.6) is 0 Å². The average Bonchev–Trinajstić information content (AvgIpc) is 1.66. The van der Waals surface area contributed by atoms with Crippen LogP contribution in [0.3, 0.4) is 0 Å². The topological polar surface area (TPSA) is 72.1 Å². The normalized spacial score (nSPS) is 14.1. The van der Waals surface area contributed by atoms with Crippen molar-refractivity contribution >= 4 is 124 Å². The molecule has 18 aromatic carbocycles. The smallest absolute Gasteiger partial charge is 0.171 e. The van der Waals surface area contributed by atoms with E-state index in [0.717, 1.165) is 127 Å². The summed E-state index contributed by atoms with van der Waals surface area (Å²) in [5.41, 5.74) is 25.9. The summed E-state index contributed by atoms with van der Waals surface area (Å²) in [5.74, 6) is 1.76. The molecular formula is C113H72N7OPS2. The Morgan fingerprint density at radius 3 is 1.10 bits per heavy atom. The largest absolute Gasteiger partial charge is 0.310 e. The van der Waals surface area contributed by atoms with E-state index in [2.05, 4.69) is 389 Å². The van der Waals surface area contributed by atoms with Crippen molar-refractivity contribution in [3.8, 4) is 56.7 Å². The highest BCUT2D eigenvalue weighted by Gasteiger charge is 2.53. The van der Waals surface area contributed by atoms with Crippen LogP contribution in [-0.2, 0) is 15.4 Å². The fourth-order valence-corrected chi connectivity index (χ4v) is 25.8. The van der Waals surface area contributed by atoms with Gasteiger partial charge in [-0.2, -0.15) is 0 Å². The minimum atomic E-state index is -3.64. The minimum absolute atomic E-state index is 0.569. The lowest BCUT2D eigenvalue weighted by atomic mass is 9.62. The van der Waals surface area contributed by atoms with Crippen molar-refractivity contribution in [2.24, 2.45) is 0 Å². The molecule has 7 heterocycles. The molecule has 0 amide bonds. The number of para-hydroxylation sites is 7. The fraction of sp³-hybridized carbons (Fsp3) is 0.0177. The molecule has 4 aliphatic heterocycles. The van der Waals surface area contributed by atoms with Gasteiger partial charge >= 0.3 is 0 Å². The van der Waals surface area contributed by atoms with E-state index in [1.54, 1.807) is 0 Å². The van der Waals surface area contributed by atoms with Gasteiger partial charge < -0.3 is 23.5 Å². The molecule has 124 heavy (non-hydrogen) atoms. The van der Waals surface area contributed by atoms with Crippen LogP contribution in [0.25, 0.3) is 100 Å². The van der Waals surface area contributed by atoms with Crippen molar-refractivity contribution in [3.05, 3.63) is 481 Å². The molecule has 0 radical (unpaired) electrons. The predicted octanol–water partition coefficient (Wildman–Crippen LogP) is 27.6. The van der Waals surface area contributed by atoms with E-state index in [1.165, 1.54) is 69.5 Å². The Morgan fingerprint density at radius 2 is 0.581 bits per heavy atom. The average molecular weight is 1640 g/mol. The van der Waals surface area contributed by atoms with Crippen molar-refractivity contribution < 1.29 is 4.57 Å². The van der Waals surface area contributed by atoms with E-state index in [-0.39, 0.29) is 0 Å². The van der Waals surface area contributed by atoms with Gasteiger partial charge in [0.05, 0.1) is 55.6 Å². The molecular weight excluding hydrogens is 1570 g/mol. The quantitative estimate of drug-likeness (QED) is 0.119. The number of hydrogen-bond acceptors (Lipinski definition) is 8. The number of aromatic nitrogens is 5.